The van der Waals surface area contributed by atoms with Crippen molar-refractivity contribution in [1.82, 2.24) is 4.90 Å². The number of carbonyl (C=O) groups excluding carboxylic acids is 1. The molecular weight excluding hydrogens is 367 g/mol. The molecule has 0 aliphatic heterocycles. The van der Waals surface area contributed by atoms with Gasteiger partial charge in [-0.05, 0) is 31.0 Å². The van der Waals surface area contributed by atoms with E-state index in [0.29, 0.717) is 10.6 Å². The van der Waals surface area contributed by atoms with Crippen molar-refractivity contribution in [2.24, 2.45) is 0 Å². The molecule has 1 amide bonds. The zero-order valence-electron chi connectivity index (χ0n) is 12.5. The molecule has 0 aliphatic carbocycles. The molecule has 0 aromatic heterocycles. The lowest BCUT2D eigenvalue weighted by atomic mass is 10.0. The van der Waals surface area contributed by atoms with Gasteiger partial charge in [-0.15, -0.1) is 0 Å². The van der Waals surface area contributed by atoms with E-state index in [9.17, 15) is 35.5 Å². The minimum absolute atomic E-state index is 0.0346. The summed E-state index contributed by atoms with van der Waals surface area (Å²) in [7, 11) is 0.739. The third-order valence-electron chi connectivity index (χ3n) is 3.44. The summed E-state index contributed by atoms with van der Waals surface area (Å²) in [5.41, 5.74) is 0.539. The summed E-state index contributed by atoms with van der Waals surface area (Å²) in [5.74, 6) is -15.0. The smallest absolute Gasteiger partial charge is 0.337 e. The van der Waals surface area contributed by atoms with Crippen LogP contribution in [-0.4, -0.2) is 41.9 Å². The number of benzene rings is 1. The Kier molecular flexibility index (Phi) is 5.80. The Balaban J connectivity index is 2.94. The SMILES string of the molecule is CC(Cc1ccc(Cl)cc1)N(C)C(=O)C(F)(F)C(F)(F)C(F)(F)F. The van der Waals surface area contributed by atoms with Gasteiger partial charge < -0.3 is 4.90 Å². The first-order chi connectivity index (χ1) is 10.7. The second-order valence-corrected chi connectivity index (χ2v) is 5.68. The standard InChI is InChI=1S/C14H13ClF7NO/c1-8(7-9-3-5-10(15)6-4-9)23(2)11(24)12(16,17)13(18,19)14(20,21)22/h3-6,8H,7H2,1-2H3. The van der Waals surface area contributed by atoms with E-state index in [4.69, 9.17) is 11.6 Å². The highest BCUT2D eigenvalue weighted by Gasteiger charge is 2.76. The van der Waals surface area contributed by atoms with Crippen molar-refractivity contribution in [2.75, 3.05) is 7.05 Å². The van der Waals surface area contributed by atoms with Crippen LogP contribution in [0.25, 0.3) is 0 Å². The third kappa shape index (κ3) is 3.93. The first kappa shape index (κ1) is 20.5. The lowest BCUT2D eigenvalue weighted by Crippen LogP contribution is -2.60. The normalized spacial score (nSPS) is 14.4. The molecule has 10 heteroatoms. The summed E-state index contributed by atoms with van der Waals surface area (Å²) < 4.78 is 89.0. The molecule has 1 aromatic rings. The molecule has 136 valence electrons. The van der Waals surface area contributed by atoms with Gasteiger partial charge in [-0.3, -0.25) is 4.79 Å². The fourth-order valence-electron chi connectivity index (χ4n) is 1.83. The van der Waals surface area contributed by atoms with Gasteiger partial charge in [0.2, 0.25) is 0 Å². The van der Waals surface area contributed by atoms with E-state index >= 15 is 0 Å². The Bertz CT molecular complexity index is 586. The lowest BCUT2D eigenvalue weighted by Gasteiger charge is -2.33. The van der Waals surface area contributed by atoms with Crippen LogP contribution in [0.15, 0.2) is 24.3 Å². The highest BCUT2D eigenvalue weighted by molar-refractivity contribution is 6.30. The van der Waals surface area contributed by atoms with E-state index in [1.54, 1.807) is 0 Å². The molecule has 1 aromatic carbocycles. The van der Waals surface area contributed by atoms with Crippen molar-refractivity contribution in [1.29, 1.82) is 0 Å². The predicted octanol–water partition coefficient (Wildman–Crippen LogP) is 4.56. The Hall–Kier alpha value is -1.51. The van der Waals surface area contributed by atoms with Gasteiger partial charge in [-0.2, -0.15) is 30.7 Å². The molecule has 0 N–H and O–H groups in total. The van der Waals surface area contributed by atoms with E-state index in [0.717, 1.165) is 7.05 Å². The van der Waals surface area contributed by atoms with Crippen LogP contribution in [0.3, 0.4) is 0 Å². The number of amides is 1. The van der Waals surface area contributed by atoms with Gasteiger partial charge in [0.15, 0.2) is 0 Å². The van der Waals surface area contributed by atoms with Crippen LogP contribution >= 0.6 is 11.6 Å². The van der Waals surface area contributed by atoms with Crippen molar-refractivity contribution < 1.29 is 35.5 Å². The molecule has 0 bridgehead atoms. The first-order valence-corrected chi connectivity index (χ1v) is 6.93. The molecule has 0 radical (unpaired) electrons. The van der Waals surface area contributed by atoms with E-state index in [-0.39, 0.29) is 11.3 Å². The molecule has 2 nitrogen and oxygen atoms in total. The quantitative estimate of drug-likeness (QED) is 0.687. The van der Waals surface area contributed by atoms with Crippen molar-refractivity contribution in [3.05, 3.63) is 34.9 Å². The molecule has 0 saturated carbocycles. The Morgan fingerprint density at radius 3 is 1.96 bits per heavy atom. The van der Waals surface area contributed by atoms with Crippen LogP contribution in [0.1, 0.15) is 12.5 Å². The van der Waals surface area contributed by atoms with E-state index in [2.05, 4.69) is 0 Å². The number of nitrogens with zero attached hydrogens (tertiary/aromatic N) is 1. The van der Waals surface area contributed by atoms with Crippen LogP contribution in [0.4, 0.5) is 30.7 Å². The van der Waals surface area contributed by atoms with Crippen molar-refractivity contribution in [2.45, 2.75) is 37.4 Å². The topological polar surface area (TPSA) is 20.3 Å². The maximum atomic E-state index is 13.4. The monoisotopic (exact) mass is 379 g/mol. The van der Waals surface area contributed by atoms with Gasteiger partial charge in [-0.1, -0.05) is 23.7 Å². The van der Waals surface area contributed by atoms with Crippen LogP contribution in [0, 0.1) is 0 Å². The number of likely N-dealkylation sites (N-methyl/N-ethyl adjacent to an activating group) is 1. The van der Waals surface area contributed by atoms with Gasteiger partial charge >= 0.3 is 18.0 Å². The minimum Gasteiger partial charge on any atom is -0.337 e. The molecule has 1 rings (SSSR count). The van der Waals surface area contributed by atoms with Gasteiger partial charge in [0.25, 0.3) is 5.91 Å². The van der Waals surface area contributed by atoms with E-state index in [1.807, 2.05) is 0 Å². The molecule has 0 spiro atoms. The van der Waals surface area contributed by atoms with Crippen LogP contribution in [0.2, 0.25) is 5.02 Å². The highest BCUT2D eigenvalue weighted by atomic mass is 35.5. The number of rotatable bonds is 5. The van der Waals surface area contributed by atoms with Crippen molar-refractivity contribution in [3.63, 3.8) is 0 Å². The second-order valence-electron chi connectivity index (χ2n) is 5.24. The zero-order chi connectivity index (χ0) is 18.9. The first-order valence-electron chi connectivity index (χ1n) is 6.56. The maximum absolute atomic E-state index is 13.4. The molecular formula is C14H13ClF7NO. The summed E-state index contributed by atoms with van der Waals surface area (Å²) in [5, 5.41) is 0.396. The van der Waals surface area contributed by atoms with E-state index < -0.39 is 30.0 Å². The Labute approximate surface area is 138 Å². The Morgan fingerprint density at radius 2 is 1.54 bits per heavy atom. The van der Waals surface area contributed by atoms with Gasteiger partial charge in [0, 0.05) is 18.1 Å². The minimum atomic E-state index is -6.55. The largest absolute Gasteiger partial charge is 0.460 e. The van der Waals surface area contributed by atoms with Gasteiger partial charge in [0.05, 0.1) is 0 Å². The third-order valence-corrected chi connectivity index (χ3v) is 3.70. The van der Waals surface area contributed by atoms with Crippen LogP contribution in [0.5, 0.6) is 0 Å². The molecule has 24 heavy (non-hydrogen) atoms. The van der Waals surface area contributed by atoms with Crippen LogP contribution in [-0.2, 0) is 11.2 Å². The summed E-state index contributed by atoms with van der Waals surface area (Å²) in [6.45, 7) is 1.24. The van der Waals surface area contributed by atoms with Gasteiger partial charge in [0.1, 0.15) is 0 Å². The summed E-state index contributed by atoms with van der Waals surface area (Å²) in [6, 6.07) is 4.95. The van der Waals surface area contributed by atoms with Crippen LogP contribution < -0.4 is 0 Å². The number of hydrogen-bond donors (Lipinski definition) is 0. The number of alkyl halides is 7. The summed E-state index contributed by atoms with van der Waals surface area (Å²) >= 11 is 5.66. The highest BCUT2D eigenvalue weighted by Crippen LogP contribution is 2.47. The van der Waals surface area contributed by atoms with Gasteiger partial charge in [-0.25, -0.2) is 0 Å². The van der Waals surface area contributed by atoms with Crippen molar-refractivity contribution in [3.8, 4) is 0 Å². The molecule has 1 unspecified atom stereocenters. The predicted molar refractivity (Wildman–Crippen MR) is 73.3 cm³/mol. The van der Waals surface area contributed by atoms with E-state index in [1.165, 1.54) is 31.2 Å². The lowest BCUT2D eigenvalue weighted by molar-refractivity contribution is -0.346. The zero-order valence-corrected chi connectivity index (χ0v) is 13.2. The second kappa shape index (κ2) is 6.78. The molecule has 0 saturated heterocycles. The van der Waals surface area contributed by atoms with Crippen molar-refractivity contribution >= 4 is 17.5 Å². The number of carbonyl (C=O) groups is 1. The Morgan fingerprint density at radius 1 is 1.08 bits per heavy atom. The fourth-order valence-corrected chi connectivity index (χ4v) is 1.96. The summed E-state index contributed by atoms with van der Waals surface area (Å²) in [6.07, 6.45) is -6.58. The molecule has 0 aliphatic rings. The average Bonchev–Trinajstić information content (AvgIpc) is 2.46. The molecule has 1 atom stereocenters. The molecule has 0 heterocycles. The fraction of sp³-hybridized carbons (Fsp3) is 0.500. The molecule has 0 fully saturated rings. The summed E-state index contributed by atoms with van der Waals surface area (Å²) in [4.78, 5) is 11.7. The number of hydrogen-bond acceptors (Lipinski definition) is 1. The maximum Gasteiger partial charge on any atom is 0.460 e. The number of halogens is 8. The average molecular weight is 380 g/mol.